The van der Waals surface area contributed by atoms with Crippen LogP contribution in [0, 0.1) is 0 Å². The fraction of sp³-hybridized carbons (Fsp3) is 0.227. The Morgan fingerprint density at radius 1 is 0.884 bits per heavy atom. The predicted octanol–water partition coefficient (Wildman–Crippen LogP) is 6.03. The highest BCUT2D eigenvalue weighted by Gasteiger charge is 2.59. The molecule has 0 aliphatic carbocycles. The van der Waals surface area contributed by atoms with Gasteiger partial charge >= 0.3 is 24.5 Å². The van der Waals surface area contributed by atoms with Crippen LogP contribution in [0.5, 0.6) is 5.75 Å². The van der Waals surface area contributed by atoms with Gasteiger partial charge in [0.2, 0.25) is 10.0 Å². The molecule has 3 rings (SSSR count). The Morgan fingerprint density at radius 3 is 1.86 bits per heavy atom. The molecule has 0 bridgehead atoms. The van der Waals surface area contributed by atoms with Crippen LogP contribution in [0.25, 0.3) is 0 Å². The molecule has 0 unspecified atom stereocenters. The molecule has 0 amide bonds. The number of halogens is 10. The molecule has 0 fully saturated rings. The third-order valence-electron chi connectivity index (χ3n) is 4.66. The summed E-state index contributed by atoms with van der Waals surface area (Å²) in [6.07, 6.45) is -19.8. The zero-order chi connectivity index (χ0) is 32.8. The normalized spacial score (nSPS) is 12.3. The molecule has 2 aromatic carbocycles. The SMILES string of the molecule is CNS(=O)(=O)c1ccc(OC(C(F)(F)F)C(F)(F)F)c(Nc2cc(Nc3ccc(Cl)cc3)ncn2)c1.O=C(O)C(F)(F)F. The molecule has 236 valence electrons. The molecule has 4 N–H and O–H groups in total. The Hall–Kier alpha value is -4.04. The number of carboxylic acid groups (broad SMARTS) is 1. The van der Waals surface area contributed by atoms with Gasteiger partial charge in [-0.2, -0.15) is 39.5 Å². The van der Waals surface area contributed by atoms with Crippen molar-refractivity contribution < 1.29 is 62.6 Å². The second kappa shape index (κ2) is 13.5. The number of benzene rings is 2. The van der Waals surface area contributed by atoms with Gasteiger partial charge in [0.25, 0.3) is 6.10 Å². The smallest absolute Gasteiger partial charge is 0.475 e. The van der Waals surface area contributed by atoms with Crippen LogP contribution < -0.4 is 20.1 Å². The average molecular weight is 670 g/mol. The Bertz CT molecular complexity index is 1510. The van der Waals surface area contributed by atoms with Crippen LogP contribution in [0.3, 0.4) is 0 Å². The standard InChI is InChI=1S/C20H16ClF6N5O3S.C2HF3O2/c1-28-36(33,34)13-6-7-15(35-18(19(22,23)24)20(25,26)27)14(8-13)32-17-9-16(29-10-30-17)31-12-4-2-11(21)3-5-12;3-2(4,5)1(6)7/h2-10,18,28H,1H3,(H2,29,30,31,32);(H,6,7). The number of aromatic nitrogens is 2. The molecule has 3 aromatic rings. The van der Waals surface area contributed by atoms with Gasteiger partial charge in [-0.15, -0.1) is 0 Å². The maximum Gasteiger partial charge on any atom is 0.490 e. The van der Waals surface area contributed by atoms with Gasteiger partial charge in [-0.05, 0) is 49.5 Å². The summed E-state index contributed by atoms with van der Waals surface area (Å²) in [5.74, 6) is -3.58. The lowest BCUT2D eigenvalue weighted by atomic mass is 10.2. The number of sulfonamides is 1. The molecule has 0 aliphatic heterocycles. The Labute approximate surface area is 240 Å². The summed E-state index contributed by atoms with van der Waals surface area (Å²) >= 11 is 5.83. The molecule has 43 heavy (non-hydrogen) atoms. The molecule has 0 saturated heterocycles. The highest BCUT2D eigenvalue weighted by molar-refractivity contribution is 7.89. The van der Waals surface area contributed by atoms with Crippen molar-refractivity contribution in [3.8, 4) is 5.75 Å². The lowest BCUT2D eigenvalue weighted by Gasteiger charge is -2.25. The second-order valence-corrected chi connectivity index (χ2v) is 10.1. The topological polar surface area (TPSA) is 143 Å². The van der Waals surface area contributed by atoms with Crippen LogP contribution in [0.1, 0.15) is 0 Å². The molecule has 10 nitrogen and oxygen atoms in total. The zero-order valence-corrected chi connectivity index (χ0v) is 22.5. The van der Waals surface area contributed by atoms with E-state index in [-0.39, 0.29) is 11.6 Å². The van der Waals surface area contributed by atoms with E-state index >= 15 is 0 Å². The van der Waals surface area contributed by atoms with Crippen molar-refractivity contribution in [2.24, 2.45) is 0 Å². The predicted molar refractivity (Wildman–Crippen MR) is 133 cm³/mol. The van der Waals surface area contributed by atoms with Crippen molar-refractivity contribution in [2.75, 3.05) is 17.7 Å². The van der Waals surface area contributed by atoms with E-state index in [1.165, 1.54) is 6.07 Å². The molecular formula is C22H17ClF9N5O5S. The van der Waals surface area contributed by atoms with Crippen LogP contribution >= 0.6 is 11.6 Å². The Balaban J connectivity index is 0.000000821. The summed E-state index contributed by atoms with van der Waals surface area (Å²) in [6, 6.07) is 10.0. The van der Waals surface area contributed by atoms with Gasteiger partial charge in [0.05, 0.1) is 10.6 Å². The van der Waals surface area contributed by atoms with Crippen LogP contribution in [-0.2, 0) is 14.8 Å². The van der Waals surface area contributed by atoms with E-state index in [9.17, 15) is 47.9 Å². The number of carboxylic acids is 1. The van der Waals surface area contributed by atoms with Crippen molar-refractivity contribution in [2.45, 2.75) is 29.5 Å². The number of alkyl halides is 9. The maximum absolute atomic E-state index is 13.1. The molecule has 1 aromatic heterocycles. The van der Waals surface area contributed by atoms with Crippen LogP contribution in [0.4, 0.5) is 62.5 Å². The van der Waals surface area contributed by atoms with Gasteiger partial charge in [-0.1, -0.05) is 11.6 Å². The number of aliphatic carboxylic acids is 1. The van der Waals surface area contributed by atoms with Crippen molar-refractivity contribution in [1.29, 1.82) is 0 Å². The summed E-state index contributed by atoms with van der Waals surface area (Å²) in [5, 5.41) is 13.0. The first-order valence-corrected chi connectivity index (χ1v) is 12.8. The van der Waals surface area contributed by atoms with Gasteiger partial charge in [-0.3, -0.25) is 0 Å². The second-order valence-electron chi connectivity index (χ2n) is 7.79. The lowest BCUT2D eigenvalue weighted by molar-refractivity contribution is -0.299. The largest absolute Gasteiger partial charge is 0.490 e. The maximum atomic E-state index is 13.1. The van der Waals surface area contributed by atoms with Crippen LogP contribution in [0.2, 0.25) is 5.02 Å². The molecule has 0 aliphatic rings. The summed E-state index contributed by atoms with van der Waals surface area (Å²) in [7, 11) is -3.03. The van der Waals surface area contributed by atoms with E-state index in [4.69, 9.17) is 21.5 Å². The highest BCUT2D eigenvalue weighted by Crippen LogP contribution is 2.39. The number of hydrogen-bond acceptors (Lipinski definition) is 8. The van der Waals surface area contributed by atoms with E-state index < -0.39 is 57.0 Å². The third kappa shape index (κ3) is 10.6. The summed E-state index contributed by atoms with van der Waals surface area (Å²) in [4.78, 5) is 16.3. The lowest BCUT2D eigenvalue weighted by Crippen LogP contribution is -2.46. The zero-order valence-electron chi connectivity index (χ0n) is 20.9. The fourth-order valence-corrected chi connectivity index (χ4v) is 3.64. The molecule has 0 radical (unpaired) electrons. The minimum atomic E-state index is -5.80. The monoisotopic (exact) mass is 669 g/mol. The Morgan fingerprint density at radius 2 is 1.40 bits per heavy atom. The number of nitrogens with zero attached hydrogens (tertiary/aromatic N) is 2. The first-order chi connectivity index (χ1) is 19.6. The first kappa shape index (κ1) is 35.2. The number of rotatable bonds is 8. The van der Waals surface area contributed by atoms with Gasteiger partial charge in [-0.25, -0.2) is 27.9 Å². The highest BCUT2D eigenvalue weighted by atomic mass is 35.5. The number of hydrogen-bond donors (Lipinski definition) is 4. The molecule has 21 heteroatoms. The van der Waals surface area contributed by atoms with Crippen molar-refractivity contribution in [1.82, 2.24) is 14.7 Å². The van der Waals surface area contributed by atoms with Crippen molar-refractivity contribution in [3.63, 3.8) is 0 Å². The molecule has 0 spiro atoms. The van der Waals surface area contributed by atoms with Gasteiger partial charge < -0.3 is 20.5 Å². The van der Waals surface area contributed by atoms with Gasteiger partial charge in [0.15, 0.2) is 0 Å². The molecule has 0 atom stereocenters. The van der Waals surface area contributed by atoms with E-state index in [0.717, 1.165) is 25.5 Å². The Kier molecular flexibility index (Phi) is 11.0. The van der Waals surface area contributed by atoms with E-state index in [1.807, 2.05) is 4.72 Å². The van der Waals surface area contributed by atoms with Crippen molar-refractivity contribution >= 4 is 50.6 Å². The van der Waals surface area contributed by atoms with E-state index in [1.54, 1.807) is 24.3 Å². The minimum absolute atomic E-state index is 0.0964. The average Bonchev–Trinajstić information content (AvgIpc) is 2.88. The van der Waals surface area contributed by atoms with Crippen molar-refractivity contribution in [3.05, 3.63) is 59.9 Å². The first-order valence-electron chi connectivity index (χ1n) is 10.9. The number of nitrogens with one attached hydrogen (secondary N) is 3. The number of anilines is 4. The van der Waals surface area contributed by atoms with Gasteiger partial charge in [0.1, 0.15) is 23.7 Å². The number of carbonyl (C=O) groups is 1. The summed E-state index contributed by atoms with van der Waals surface area (Å²) in [5.41, 5.74) is 0.0364. The van der Waals surface area contributed by atoms with Gasteiger partial charge in [0, 0.05) is 16.8 Å². The summed E-state index contributed by atoms with van der Waals surface area (Å²) in [6.45, 7) is 0. The molecule has 0 saturated carbocycles. The summed E-state index contributed by atoms with van der Waals surface area (Å²) < 4.78 is 141. The number of ether oxygens (including phenoxy) is 1. The molecular weight excluding hydrogens is 653 g/mol. The fourth-order valence-electron chi connectivity index (χ4n) is 2.75. The minimum Gasteiger partial charge on any atom is -0.475 e. The molecule has 1 heterocycles. The van der Waals surface area contributed by atoms with Crippen LogP contribution in [-0.4, -0.2) is 61.1 Å². The van der Waals surface area contributed by atoms with E-state index in [2.05, 4.69) is 25.3 Å². The quantitative estimate of drug-likeness (QED) is 0.212. The van der Waals surface area contributed by atoms with Crippen LogP contribution in [0.15, 0.2) is 59.8 Å². The third-order valence-corrected chi connectivity index (χ3v) is 6.32. The van der Waals surface area contributed by atoms with E-state index in [0.29, 0.717) is 16.8 Å².